The van der Waals surface area contributed by atoms with Gasteiger partial charge in [-0.25, -0.2) is 9.64 Å². The molecule has 3 N–H and O–H groups in total. The minimum absolute atomic E-state index is 0.0787. The summed E-state index contributed by atoms with van der Waals surface area (Å²) in [6.45, 7) is 11.0. The van der Waals surface area contributed by atoms with Gasteiger partial charge in [-0.2, -0.15) is 10.4 Å². The number of aromatic carboxylic acids is 1. The second-order valence-electron chi connectivity index (χ2n) is 5.51. The number of dihydropyridines is 1. The summed E-state index contributed by atoms with van der Waals surface area (Å²) in [4.78, 5) is 14.9. The predicted molar refractivity (Wildman–Crippen MR) is 86.5 cm³/mol. The first-order valence-corrected chi connectivity index (χ1v) is 7.15. The number of aromatic amines is 1. The fourth-order valence-electron chi connectivity index (χ4n) is 2.98. The van der Waals surface area contributed by atoms with Crippen molar-refractivity contribution in [3.05, 3.63) is 63.5 Å². The highest BCUT2D eigenvalue weighted by atomic mass is 16.4. The summed E-state index contributed by atoms with van der Waals surface area (Å²) in [6, 6.07) is 7.35. The Morgan fingerprint density at radius 1 is 1.42 bits per heavy atom. The van der Waals surface area contributed by atoms with Crippen LogP contribution in [-0.2, 0) is 0 Å². The van der Waals surface area contributed by atoms with E-state index in [4.69, 9.17) is 6.57 Å². The highest BCUT2D eigenvalue weighted by molar-refractivity contribution is 6.01. The fraction of sp³-hybridized carbons (Fsp3) is 0.176. The van der Waals surface area contributed by atoms with Gasteiger partial charge in [0.05, 0.1) is 29.6 Å². The molecule has 7 heteroatoms. The molecule has 3 rings (SSSR count). The molecule has 0 radical (unpaired) electrons. The molecule has 0 saturated heterocycles. The zero-order valence-corrected chi connectivity index (χ0v) is 13.0. The summed E-state index contributed by atoms with van der Waals surface area (Å²) >= 11 is 0. The van der Waals surface area contributed by atoms with Gasteiger partial charge in [-0.15, -0.1) is 0 Å². The largest absolute Gasteiger partial charge is 0.476 e. The number of allylic oxidation sites excluding steroid dienone is 3. The quantitative estimate of drug-likeness (QED) is 0.738. The van der Waals surface area contributed by atoms with E-state index in [1.165, 1.54) is 0 Å². The van der Waals surface area contributed by atoms with E-state index < -0.39 is 11.9 Å². The number of carbonyl (C=O) groups is 1. The lowest BCUT2D eigenvalue weighted by Crippen LogP contribution is -2.22. The summed E-state index contributed by atoms with van der Waals surface area (Å²) in [5.74, 6) is -1.65. The van der Waals surface area contributed by atoms with Gasteiger partial charge in [-0.05, 0) is 31.5 Å². The topological polar surface area (TPSA) is 106 Å². The van der Waals surface area contributed by atoms with Crippen LogP contribution >= 0.6 is 0 Å². The van der Waals surface area contributed by atoms with Crippen molar-refractivity contribution in [2.45, 2.75) is 19.8 Å². The van der Waals surface area contributed by atoms with Gasteiger partial charge in [-0.1, -0.05) is 6.07 Å². The molecule has 0 spiro atoms. The normalized spacial score (nSPS) is 17.4. The van der Waals surface area contributed by atoms with Crippen LogP contribution in [0.1, 0.15) is 35.8 Å². The highest BCUT2D eigenvalue weighted by Gasteiger charge is 2.30. The molecule has 7 nitrogen and oxygen atoms in total. The molecule has 0 bridgehead atoms. The third kappa shape index (κ3) is 2.20. The first-order valence-electron chi connectivity index (χ1n) is 7.15. The molecule has 1 aromatic heterocycles. The van der Waals surface area contributed by atoms with Gasteiger partial charge in [0.1, 0.15) is 0 Å². The second kappa shape index (κ2) is 5.56. The van der Waals surface area contributed by atoms with E-state index in [9.17, 15) is 15.2 Å². The van der Waals surface area contributed by atoms with Crippen LogP contribution in [0.4, 0.5) is 0 Å². The Morgan fingerprint density at radius 3 is 2.79 bits per heavy atom. The fourth-order valence-corrected chi connectivity index (χ4v) is 2.98. The lowest BCUT2D eigenvalue weighted by molar-refractivity contribution is 0.0692. The van der Waals surface area contributed by atoms with Crippen molar-refractivity contribution in [2.75, 3.05) is 0 Å². The molecule has 2 heterocycles. The highest BCUT2D eigenvalue weighted by Crippen LogP contribution is 2.39. The molecule has 0 fully saturated rings. The van der Waals surface area contributed by atoms with E-state index >= 15 is 0 Å². The minimum Gasteiger partial charge on any atom is -0.476 e. The maximum atomic E-state index is 11.3. The Morgan fingerprint density at radius 2 is 2.17 bits per heavy atom. The van der Waals surface area contributed by atoms with Crippen molar-refractivity contribution in [3.63, 3.8) is 0 Å². The number of rotatable bonds is 2. The Hall–Kier alpha value is -3.58. The van der Waals surface area contributed by atoms with Gasteiger partial charge in [0.25, 0.3) is 0 Å². The van der Waals surface area contributed by atoms with Gasteiger partial charge in [0.15, 0.2) is 11.4 Å². The first-order chi connectivity index (χ1) is 11.5. The van der Waals surface area contributed by atoms with Crippen molar-refractivity contribution >= 4 is 16.9 Å². The third-order valence-corrected chi connectivity index (χ3v) is 4.09. The number of fused-ring (bicyclic) bond motifs is 1. The van der Waals surface area contributed by atoms with Crippen molar-refractivity contribution in [1.29, 1.82) is 5.26 Å². The third-order valence-electron chi connectivity index (χ3n) is 4.09. The monoisotopic (exact) mass is 319 g/mol. The van der Waals surface area contributed by atoms with Crippen molar-refractivity contribution < 1.29 is 9.90 Å². The van der Waals surface area contributed by atoms with E-state index in [0.29, 0.717) is 39.1 Å². The molecule has 1 aromatic carbocycles. The summed E-state index contributed by atoms with van der Waals surface area (Å²) in [5.41, 5.74) is 3.46. The van der Waals surface area contributed by atoms with Crippen LogP contribution in [0.2, 0.25) is 0 Å². The summed E-state index contributed by atoms with van der Waals surface area (Å²) in [7, 11) is 0. The average Bonchev–Trinajstić information content (AvgIpc) is 2.97. The smallest absolute Gasteiger partial charge is 0.357 e. The first kappa shape index (κ1) is 15.3. The van der Waals surface area contributed by atoms with Gasteiger partial charge in [-0.3, -0.25) is 5.10 Å². The van der Waals surface area contributed by atoms with Gasteiger partial charge < -0.3 is 10.4 Å². The minimum atomic E-state index is -1.13. The number of nitriles is 1. The van der Waals surface area contributed by atoms with E-state index in [0.717, 1.165) is 0 Å². The summed E-state index contributed by atoms with van der Waals surface area (Å²) in [5, 5.41) is 28.7. The van der Waals surface area contributed by atoms with Crippen molar-refractivity contribution in [1.82, 2.24) is 15.5 Å². The lowest BCUT2D eigenvalue weighted by atomic mass is 9.84. The zero-order chi connectivity index (χ0) is 17.4. The molecule has 1 atom stereocenters. The van der Waals surface area contributed by atoms with Crippen molar-refractivity contribution in [3.8, 4) is 6.07 Å². The number of nitrogens with zero attached hydrogens (tertiary/aromatic N) is 3. The average molecular weight is 319 g/mol. The van der Waals surface area contributed by atoms with Crippen LogP contribution in [0, 0.1) is 17.9 Å². The van der Waals surface area contributed by atoms with Gasteiger partial charge in [0, 0.05) is 16.8 Å². The number of H-pyrrole nitrogens is 1. The Balaban J connectivity index is 2.25. The van der Waals surface area contributed by atoms with Crippen LogP contribution in [0.5, 0.6) is 0 Å². The molecule has 0 aliphatic carbocycles. The van der Waals surface area contributed by atoms with Gasteiger partial charge in [0.2, 0.25) is 0 Å². The summed E-state index contributed by atoms with van der Waals surface area (Å²) in [6.07, 6.45) is 0. The van der Waals surface area contributed by atoms with Crippen LogP contribution in [0.15, 0.2) is 40.9 Å². The number of carboxylic acids is 1. The Labute approximate surface area is 137 Å². The number of hydrogen-bond acceptors (Lipinski definition) is 4. The maximum absolute atomic E-state index is 11.3. The SMILES string of the molecule is [C-]#[N+]C1=C(C)NC(C)=C(C#N)C1c1ccc2[nH]nc(C(=O)O)c2c1. The number of aromatic nitrogens is 2. The van der Waals surface area contributed by atoms with Crippen LogP contribution in [-0.4, -0.2) is 21.3 Å². The van der Waals surface area contributed by atoms with Crippen LogP contribution in [0.3, 0.4) is 0 Å². The van der Waals surface area contributed by atoms with E-state index in [-0.39, 0.29) is 5.69 Å². The predicted octanol–water partition coefficient (Wildman–Crippen LogP) is 2.90. The molecule has 1 aliphatic heterocycles. The Kier molecular flexibility index (Phi) is 3.55. The molecule has 118 valence electrons. The molecule has 24 heavy (non-hydrogen) atoms. The molecule has 0 saturated carbocycles. The summed E-state index contributed by atoms with van der Waals surface area (Å²) < 4.78 is 0. The number of nitrogens with one attached hydrogen (secondary N) is 2. The number of hydrogen-bond donors (Lipinski definition) is 3. The molecule has 2 aromatic rings. The molecular weight excluding hydrogens is 306 g/mol. The van der Waals surface area contributed by atoms with E-state index in [1.807, 2.05) is 0 Å². The van der Waals surface area contributed by atoms with Gasteiger partial charge >= 0.3 is 5.97 Å². The molecule has 1 unspecified atom stereocenters. The number of benzene rings is 1. The van der Waals surface area contributed by atoms with Crippen molar-refractivity contribution in [2.24, 2.45) is 0 Å². The maximum Gasteiger partial charge on any atom is 0.357 e. The van der Waals surface area contributed by atoms with E-state index in [1.54, 1.807) is 32.0 Å². The Bertz CT molecular complexity index is 978. The second-order valence-corrected chi connectivity index (χ2v) is 5.51. The molecular formula is C17H13N5O2. The van der Waals surface area contributed by atoms with Crippen LogP contribution in [0.25, 0.3) is 15.7 Å². The van der Waals surface area contributed by atoms with E-state index in [2.05, 4.69) is 26.4 Å². The molecule has 0 amide bonds. The van der Waals surface area contributed by atoms with Crippen LogP contribution < -0.4 is 5.32 Å². The lowest BCUT2D eigenvalue weighted by Gasteiger charge is -2.26. The number of carboxylic acid groups (broad SMARTS) is 1. The zero-order valence-electron chi connectivity index (χ0n) is 13.0. The molecule has 1 aliphatic rings. The standard InChI is InChI=1S/C17H13N5O2/c1-8-12(7-18)14(15(19-3)9(2)20-8)10-4-5-13-11(6-10)16(17(23)24)22-21-13/h4-6,14,20H,1-2H3,(H,21,22)(H,23,24).